The zero-order valence-corrected chi connectivity index (χ0v) is 10.6. The van der Waals surface area contributed by atoms with E-state index in [-0.39, 0.29) is 0 Å². The van der Waals surface area contributed by atoms with Crippen molar-refractivity contribution in [1.29, 1.82) is 0 Å². The Morgan fingerprint density at radius 2 is 1.94 bits per heavy atom. The Bertz CT molecular complexity index is 567. The van der Waals surface area contributed by atoms with Crippen molar-refractivity contribution in [1.82, 2.24) is 0 Å². The lowest BCUT2D eigenvalue weighted by atomic mass is 10.2. The van der Waals surface area contributed by atoms with Crippen LogP contribution in [0.15, 0.2) is 56.9 Å². The Hall–Kier alpha value is -1.94. The van der Waals surface area contributed by atoms with Crippen LogP contribution in [0.4, 0.5) is 0 Å². The fraction of sp³-hybridized carbons (Fsp3) is 0.0714. The van der Waals surface area contributed by atoms with Gasteiger partial charge in [0, 0.05) is 11.0 Å². The van der Waals surface area contributed by atoms with E-state index in [1.165, 1.54) is 23.4 Å². The summed E-state index contributed by atoms with van der Waals surface area (Å²) in [5.41, 5.74) is 1.21. The fourth-order valence-corrected chi connectivity index (χ4v) is 2.13. The molecule has 0 aliphatic heterocycles. The van der Waals surface area contributed by atoms with Crippen LogP contribution in [-0.2, 0) is 4.79 Å². The number of carboxylic acid groups (broad SMARTS) is 1. The van der Waals surface area contributed by atoms with Gasteiger partial charge in [-0.25, -0.2) is 4.79 Å². The lowest BCUT2D eigenvalue weighted by Crippen LogP contribution is -1.84. The average molecular weight is 260 g/mol. The van der Waals surface area contributed by atoms with Gasteiger partial charge in [0.15, 0.2) is 5.09 Å². The first-order valence-corrected chi connectivity index (χ1v) is 6.20. The van der Waals surface area contributed by atoms with Crippen molar-refractivity contribution < 1.29 is 14.3 Å². The molecule has 4 heteroatoms. The molecule has 0 bridgehead atoms. The molecule has 0 aliphatic rings. The van der Waals surface area contributed by atoms with E-state index >= 15 is 0 Å². The predicted octanol–water partition coefficient (Wildman–Crippen LogP) is 3.84. The highest BCUT2D eigenvalue weighted by Crippen LogP contribution is 2.29. The molecule has 0 atom stereocenters. The molecule has 0 saturated heterocycles. The Balaban J connectivity index is 2.06. The van der Waals surface area contributed by atoms with E-state index in [2.05, 4.69) is 0 Å². The van der Waals surface area contributed by atoms with E-state index in [1.54, 1.807) is 6.07 Å². The summed E-state index contributed by atoms with van der Waals surface area (Å²) in [6.45, 7) is 2.04. The molecule has 0 radical (unpaired) electrons. The largest absolute Gasteiger partial charge is 0.478 e. The second-order valence-electron chi connectivity index (χ2n) is 3.74. The summed E-state index contributed by atoms with van der Waals surface area (Å²) in [5.74, 6) is -0.453. The van der Waals surface area contributed by atoms with Gasteiger partial charge in [-0.2, -0.15) is 0 Å². The van der Waals surface area contributed by atoms with Crippen LogP contribution in [0.3, 0.4) is 0 Å². The summed E-state index contributed by atoms with van der Waals surface area (Å²) in [5, 5.41) is 9.25. The van der Waals surface area contributed by atoms with E-state index in [4.69, 9.17) is 9.52 Å². The van der Waals surface area contributed by atoms with Crippen molar-refractivity contribution in [2.45, 2.75) is 16.9 Å². The molecule has 18 heavy (non-hydrogen) atoms. The van der Waals surface area contributed by atoms with Crippen molar-refractivity contribution in [2.75, 3.05) is 0 Å². The minimum Gasteiger partial charge on any atom is -0.478 e. The maximum atomic E-state index is 10.4. The molecule has 92 valence electrons. The summed E-state index contributed by atoms with van der Waals surface area (Å²) < 4.78 is 5.48. The predicted molar refractivity (Wildman–Crippen MR) is 70.7 cm³/mol. The van der Waals surface area contributed by atoms with Gasteiger partial charge < -0.3 is 9.52 Å². The zero-order valence-electron chi connectivity index (χ0n) is 9.79. The molecule has 3 nitrogen and oxygen atoms in total. The lowest BCUT2D eigenvalue weighted by Gasteiger charge is -1.98. The standard InChI is InChI=1S/C14H12O3S/c1-10-2-6-12(7-3-10)18-14-9-5-11(17-14)4-8-13(15)16/h2-9H,1H3,(H,15,16)/b8-4+. The highest BCUT2D eigenvalue weighted by molar-refractivity contribution is 7.99. The quantitative estimate of drug-likeness (QED) is 0.849. The van der Waals surface area contributed by atoms with Gasteiger partial charge in [-0.1, -0.05) is 29.5 Å². The van der Waals surface area contributed by atoms with Gasteiger partial charge in [0.25, 0.3) is 0 Å². The van der Waals surface area contributed by atoms with Crippen molar-refractivity contribution in [3.63, 3.8) is 0 Å². The van der Waals surface area contributed by atoms with Crippen molar-refractivity contribution in [3.05, 3.63) is 53.8 Å². The fourth-order valence-electron chi connectivity index (χ4n) is 1.35. The maximum absolute atomic E-state index is 10.4. The normalized spacial score (nSPS) is 10.9. The van der Waals surface area contributed by atoms with Crippen molar-refractivity contribution in [2.24, 2.45) is 0 Å². The first-order chi connectivity index (χ1) is 8.63. The molecular formula is C14H12O3S. The first-order valence-electron chi connectivity index (χ1n) is 5.39. The summed E-state index contributed by atoms with van der Waals surface area (Å²) >= 11 is 1.50. The molecule has 0 spiro atoms. The van der Waals surface area contributed by atoms with E-state index in [0.29, 0.717) is 5.76 Å². The summed E-state index contributed by atoms with van der Waals surface area (Å²) in [4.78, 5) is 11.5. The van der Waals surface area contributed by atoms with Crippen LogP contribution < -0.4 is 0 Å². The molecule has 0 saturated carbocycles. The molecule has 0 fully saturated rings. The topological polar surface area (TPSA) is 50.4 Å². The lowest BCUT2D eigenvalue weighted by molar-refractivity contribution is -0.131. The number of carbonyl (C=O) groups is 1. The van der Waals surface area contributed by atoms with Crippen LogP contribution >= 0.6 is 11.8 Å². The Morgan fingerprint density at radius 1 is 1.22 bits per heavy atom. The molecule has 1 aromatic carbocycles. The molecule has 0 amide bonds. The number of aliphatic carboxylic acids is 1. The van der Waals surface area contributed by atoms with Crippen LogP contribution in [-0.4, -0.2) is 11.1 Å². The van der Waals surface area contributed by atoms with Gasteiger partial charge in [-0.3, -0.25) is 0 Å². The number of hydrogen-bond acceptors (Lipinski definition) is 3. The third kappa shape index (κ3) is 3.53. The summed E-state index contributed by atoms with van der Waals surface area (Å²) in [6, 6.07) is 11.7. The molecule has 1 aromatic heterocycles. The van der Waals surface area contributed by atoms with E-state index < -0.39 is 5.97 Å². The smallest absolute Gasteiger partial charge is 0.328 e. The molecule has 1 N–H and O–H groups in total. The summed E-state index contributed by atoms with van der Waals surface area (Å²) in [6.07, 6.45) is 2.49. The van der Waals surface area contributed by atoms with Crippen LogP contribution in [0, 0.1) is 6.92 Å². The highest BCUT2D eigenvalue weighted by Gasteiger charge is 2.02. The molecule has 2 rings (SSSR count). The Kier molecular flexibility index (Phi) is 3.89. The number of hydrogen-bond donors (Lipinski definition) is 1. The number of furan rings is 1. The third-order valence-electron chi connectivity index (χ3n) is 2.23. The number of aryl methyl sites for hydroxylation is 1. The van der Waals surface area contributed by atoms with Gasteiger partial charge >= 0.3 is 5.97 Å². The first kappa shape index (κ1) is 12.5. The van der Waals surface area contributed by atoms with E-state index in [0.717, 1.165) is 16.1 Å². The van der Waals surface area contributed by atoms with Crippen LogP contribution in [0.5, 0.6) is 0 Å². The molecule has 2 aromatic rings. The van der Waals surface area contributed by atoms with Gasteiger partial charge in [-0.05, 0) is 37.3 Å². The van der Waals surface area contributed by atoms with E-state index in [9.17, 15) is 4.79 Å². The average Bonchev–Trinajstić information content (AvgIpc) is 2.77. The number of benzene rings is 1. The second-order valence-corrected chi connectivity index (χ2v) is 4.82. The van der Waals surface area contributed by atoms with Crippen molar-refractivity contribution >= 4 is 23.8 Å². The molecule has 0 aliphatic carbocycles. The van der Waals surface area contributed by atoms with Gasteiger partial charge in [-0.15, -0.1) is 0 Å². The number of rotatable bonds is 4. The molecule has 1 heterocycles. The SMILES string of the molecule is Cc1ccc(Sc2ccc(/C=C/C(=O)O)o2)cc1. The van der Waals surface area contributed by atoms with E-state index in [1.807, 2.05) is 37.3 Å². The third-order valence-corrected chi connectivity index (χ3v) is 3.16. The van der Waals surface area contributed by atoms with Crippen LogP contribution in [0.1, 0.15) is 11.3 Å². The van der Waals surface area contributed by atoms with Gasteiger partial charge in [0.2, 0.25) is 0 Å². The molecular weight excluding hydrogens is 248 g/mol. The van der Waals surface area contributed by atoms with Gasteiger partial charge in [0.1, 0.15) is 5.76 Å². The minimum absolute atomic E-state index is 0.534. The van der Waals surface area contributed by atoms with Crippen LogP contribution in [0.2, 0.25) is 0 Å². The Morgan fingerprint density at radius 3 is 2.61 bits per heavy atom. The maximum Gasteiger partial charge on any atom is 0.328 e. The van der Waals surface area contributed by atoms with Gasteiger partial charge in [0.05, 0.1) is 0 Å². The van der Waals surface area contributed by atoms with Crippen LogP contribution in [0.25, 0.3) is 6.08 Å². The van der Waals surface area contributed by atoms with Crippen molar-refractivity contribution in [3.8, 4) is 0 Å². The monoisotopic (exact) mass is 260 g/mol. The summed E-state index contributed by atoms with van der Waals surface area (Å²) in [7, 11) is 0. The number of carboxylic acids is 1. The highest BCUT2D eigenvalue weighted by atomic mass is 32.2. The molecule has 0 unspecified atom stereocenters. The second kappa shape index (κ2) is 5.60. The Labute approximate surface area is 109 Å². The zero-order chi connectivity index (χ0) is 13.0. The minimum atomic E-state index is -0.987.